The number of furan rings is 1. The van der Waals surface area contributed by atoms with Crippen molar-refractivity contribution in [1.29, 1.82) is 0 Å². The molecule has 0 aliphatic rings. The zero-order valence-corrected chi connectivity index (χ0v) is 9.17. The molecule has 0 spiro atoms. The molecule has 0 aromatic carbocycles. The van der Waals surface area contributed by atoms with Gasteiger partial charge in [-0.15, -0.1) is 11.3 Å². The van der Waals surface area contributed by atoms with Crippen LogP contribution in [0.2, 0.25) is 0 Å². The number of hydrogen-bond acceptors (Lipinski definition) is 4. The SMILES string of the molecule is NC(CNCc1ccoc1)c1cccs1. The summed E-state index contributed by atoms with van der Waals surface area (Å²) in [5.41, 5.74) is 7.15. The largest absolute Gasteiger partial charge is 0.472 e. The Labute approximate surface area is 92.9 Å². The standard InChI is InChI=1S/C11H14N2OS/c12-10(11-2-1-5-15-11)7-13-6-9-3-4-14-8-9/h1-5,8,10,13H,6-7,12H2. The summed E-state index contributed by atoms with van der Waals surface area (Å²) in [7, 11) is 0. The minimum Gasteiger partial charge on any atom is -0.472 e. The van der Waals surface area contributed by atoms with Gasteiger partial charge in [0.25, 0.3) is 0 Å². The van der Waals surface area contributed by atoms with Crippen molar-refractivity contribution in [2.75, 3.05) is 6.54 Å². The minimum absolute atomic E-state index is 0.0805. The third kappa shape index (κ3) is 2.92. The molecule has 3 nitrogen and oxygen atoms in total. The van der Waals surface area contributed by atoms with Crippen LogP contribution < -0.4 is 11.1 Å². The second-order valence-electron chi connectivity index (χ2n) is 3.38. The van der Waals surface area contributed by atoms with Crippen LogP contribution in [0.25, 0.3) is 0 Å². The predicted octanol–water partition coefficient (Wildman–Crippen LogP) is 2.13. The summed E-state index contributed by atoms with van der Waals surface area (Å²) in [6.07, 6.45) is 3.42. The van der Waals surface area contributed by atoms with Crippen molar-refractivity contribution in [2.45, 2.75) is 12.6 Å². The number of nitrogens with two attached hydrogens (primary N) is 1. The number of nitrogens with one attached hydrogen (secondary N) is 1. The number of thiophene rings is 1. The van der Waals surface area contributed by atoms with E-state index < -0.39 is 0 Å². The van der Waals surface area contributed by atoms with Gasteiger partial charge in [-0.05, 0) is 17.5 Å². The van der Waals surface area contributed by atoms with E-state index in [0.717, 1.165) is 18.7 Å². The molecule has 1 unspecified atom stereocenters. The zero-order chi connectivity index (χ0) is 10.5. The molecular weight excluding hydrogens is 208 g/mol. The second kappa shape index (κ2) is 5.11. The normalized spacial score (nSPS) is 12.9. The van der Waals surface area contributed by atoms with Crippen molar-refractivity contribution in [3.63, 3.8) is 0 Å². The maximum Gasteiger partial charge on any atom is 0.0947 e. The number of hydrogen-bond donors (Lipinski definition) is 2. The van der Waals surface area contributed by atoms with E-state index in [9.17, 15) is 0 Å². The van der Waals surface area contributed by atoms with Crippen LogP contribution in [-0.4, -0.2) is 6.54 Å². The van der Waals surface area contributed by atoms with Crippen molar-refractivity contribution >= 4 is 11.3 Å². The Kier molecular flexibility index (Phi) is 3.55. The smallest absolute Gasteiger partial charge is 0.0947 e. The van der Waals surface area contributed by atoms with Gasteiger partial charge in [0.2, 0.25) is 0 Å². The molecule has 0 radical (unpaired) electrons. The lowest BCUT2D eigenvalue weighted by atomic mass is 10.2. The van der Waals surface area contributed by atoms with Crippen LogP contribution in [0.4, 0.5) is 0 Å². The van der Waals surface area contributed by atoms with E-state index in [2.05, 4.69) is 11.4 Å². The van der Waals surface area contributed by atoms with E-state index in [1.54, 1.807) is 23.9 Å². The fraction of sp³-hybridized carbons (Fsp3) is 0.273. The van der Waals surface area contributed by atoms with Gasteiger partial charge < -0.3 is 15.5 Å². The highest BCUT2D eigenvalue weighted by Gasteiger charge is 2.05. The van der Waals surface area contributed by atoms with Crippen molar-refractivity contribution in [3.8, 4) is 0 Å². The van der Waals surface area contributed by atoms with Gasteiger partial charge in [0, 0.05) is 23.5 Å². The summed E-state index contributed by atoms with van der Waals surface area (Å²) in [5, 5.41) is 5.34. The molecule has 1 atom stereocenters. The van der Waals surface area contributed by atoms with Crippen LogP contribution in [0.3, 0.4) is 0 Å². The quantitative estimate of drug-likeness (QED) is 0.814. The van der Waals surface area contributed by atoms with Crippen LogP contribution in [0.5, 0.6) is 0 Å². The number of rotatable bonds is 5. The Morgan fingerprint density at radius 2 is 2.40 bits per heavy atom. The highest BCUT2D eigenvalue weighted by Crippen LogP contribution is 2.15. The molecule has 0 saturated carbocycles. The highest BCUT2D eigenvalue weighted by molar-refractivity contribution is 7.10. The van der Waals surface area contributed by atoms with E-state index in [0.29, 0.717) is 0 Å². The van der Waals surface area contributed by atoms with Crippen molar-refractivity contribution in [1.82, 2.24) is 5.32 Å². The Hall–Kier alpha value is -1.10. The Bertz CT molecular complexity index is 369. The monoisotopic (exact) mass is 222 g/mol. The molecule has 0 saturated heterocycles. The molecule has 80 valence electrons. The van der Waals surface area contributed by atoms with Gasteiger partial charge >= 0.3 is 0 Å². The Morgan fingerprint density at radius 1 is 1.47 bits per heavy atom. The molecule has 15 heavy (non-hydrogen) atoms. The molecule has 0 amide bonds. The molecule has 0 aliphatic heterocycles. The summed E-state index contributed by atoms with van der Waals surface area (Å²) >= 11 is 1.70. The predicted molar refractivity (Wildman–Crippen MR) is 61.7 cm³/mol. The van der Waals surface area contributed by atoms with E-state index in [4.69, 9.17) is 10.2 Å². The molecule has 3 N–H and O–H groups in total. The maximum atomic E-state index is 6.00. The summed E-state index contributed by atoms with van der Waals surface area (Å²) < 4.78 is 4.98. The van der Waals surface area contributed by atoms with Gasteiger partial charge in [-0.3, -0.25) is 0 Å². The first-order valence-electron chi connectivity index (χ1n) is 4.87. The summed E-state index contributed by atoms with van der Waals surface area (Å²) in [4.78, 5) is 1.22. The van der Waals surface area contributed by atoms with E-state index in [1.165, 1.54) is 4.88 Å². The van der Waals surface area contributed by atoms with Crippen LogP contribution in [0.1, 0.15) is 16.5 Å². The van der Waals surface area contributed by atoms with Crippen molar-refractivity contribution < 1.29 is 4.42 Å². The third-order valence-electron chi connectivity index (χ3n) is 2.18. The second-order valence-corrected chi connectivity index (χ2v) is 4.36. The van der Waals surface area contributed by atoms with E-state index in [-0.39, 0.29) is 6.04 Å². The zero-order valence-electron chi connectivity index (χ0n) is 8.35. The maximum absolute atomic E-state index is 6.00. The lowest BCUT2D eigenvalue weighted by Gasteiger charge is -2.09. The molecule has 2 rings (SSSR count). The fourth-order valence-electron chi connectivity index (χ4n) is 1.37. The molecule has 2 heterocycles. The van der Waals surface area contributed by atoms with Gasteiger partial charge in [0.05, 0.1) is 18.6 Å². The third-order valence-corrected chi connectivity index (χ3v) is 3.19. The first kappa shape index (κ1) is 10.4. The molecule has 0 fully saturated rings. The van der Waals surface area contributed by atoms with Gasteiger partial charge in [-0.2, -0.15) is 0 Å². The average Bonchev–Trinajstić information content (AvgIpc) is 2.90. The van der Waals surface area contributed by atoms with Gasteiger partial charge in [0.15, 0.2) is 0 Å². The first-order valence-corrected chi connectivity index (χ1v) is 5.75. The van der Waals surface area contributed by atoms with Crippen LogP contribution in [-0.2, 0) is 6.54 Å². The lowest BCUT2D eigenvalue weighted by Crippen LogP contribution is -2.25. The van der Waals surface area contributed by atoms with Crippen LogP contribution in [0, 0.1) is 0 Å². The van der Waals surface area contributed by atoms with Gasteiger partial charge in [-0.1, -0.05) is 6.07 Å². The van der Waals surface area contributed by atoms with Gasteiger partial charge in [0.1, 0.15) is 0 Å². The Morgan fingerprint density at radius 3 is 3.07 bits per heavy atom. The molecule has 0 aliphatic carbocycles. The van der Waals surface area contributed by atoms with Crippen molar-refractivity contribution in [2.24, 2.45) is 5.73 Å². The molecular formula is C11H14N2OS. The highest BCUT2D eigenvalue weighted by atomic mass is 32.1. The molecule has 2 aromatic rings. The van der Waals surface area contributed by atoms with Crippen LogP contribution >= 0.6 is 11.3 Å². The summed E-state index contributed by atoms with van der Waals surface area (Å²) in [5.74, 6) is 0. The fourth-order valence-corrected chi connectivity index (χ4v) is 2.10. The first-order chi connectivity index (χ1) is 7.36. The van der Waals surface area contributed by atoms with Crippen LogP contribution in [0.15, 0.2) is 40.5 Å². The lowest BCUT2D eigenvalue weighted by molar-refractivity contribution is 0.556. The Balaban J connectivity index is 1.74. The van der Waals surface area contributed by atoms with Gasteiger partial charge in [-0.25, -0.2) is 0 Å². The van der Waals surface area contributed by atoms with Crippen molar-refractivity contribution in [3.05, 3.63) is 46.5 Å². The molecule has 2 aromatic heterocycles. The molecule has 0 bridgehead atoms. The minimum atomic E-state index is 0.0805. The molecule has 4 heteroatoms. The average molecular weight is 222 g/mol. The van der Waals surface area contributed by atoms with E-state index >= 15 is 0 Å². The topological polar surface area (TPSA) is 51.2 Å². The summed E-state index contributed by atoms with van der Waals surface area (Å²) in [6, 6.07) is 6.12. The van der Waals surface area contributed by atoms with E-state index in [1.807, 2.05) is 17.5 Å². The summed E-state index contributed by atoms with van der Waals surface area (Å²) in [6.45, 7) is 1.58.